The number of halogens is 1. The Morgan fingerprint density at radius 2 is 1.95 bits per heavy atom. The van der Waals surface area contributed by atoms with Gasteiger partial charge in [-0.05, 0) is 43.2 Å². The molecular formula is C17H12FNO2. The zero-order chi connectivity index (χ0) is 14.7. The van der Waals surface area contributed by atoms with E-state index in [0.717, 1.165) is 16.5 Å². The number of H-pyrrole nitrogens is 1. The molecule has 0 unspecified atom stereocenters. The smallest absolute Gasteiger partial charge is 0.163 e. The minimum Gasteiger partial charge on any atom is -0.354 e. The minimum atomic E-state index is -0.367. The van der Waals surface area contributed by atoms with Gasteiger partial charge in [-0.15, -0.1) is 0 Å². The van der Waals surface area contributed by atoms with Crippen molar-refractivity contribution in [3.8, 4) is 0 Å². The lowest BCUT2D eigenvalue weighted by Crippen LogP contribution is -1.94. The molecule has 1 aliphatic carbocycles. The number of aromatic nitrogens is 1. The molecule has 4 rings (SSSR count). The Morgan fingerprint density at radius 3 is 2.71 bits per heavy atom. The molecule has 0 bridgehead atoms. The molecule has 3 aromatic rings. The molecule has 104 valence electrons. The number of rotatable bonds is 1. The summed E-state index contributed by atoms with van der Waals surface area (Å²) in [6.45, 7) is 1.46. The van der Waals surface area contributed by atoms with Crippen molar-refractivity contribution in [2.75, 3.05) is 0 Å². The molecule has 2 aromatic carbocycles. The van der Waals surface area contributed by atoms with Crippen LogP contribution in [0.15, 0.2) is 24.3 Å². The number of carbonyl (C=O) groups is 2. The second-order valence-electron chi connectivity index (χ2n) is 5.46. The standard InChI is InChI=1S/C17H12FNO2/c1-8(20)9-2-5-12(18)16-15-11-4-7-14(21)10(11)3-6-13(15)19-17(9)16/h2-3,5-6,19H,4,7H2,1H3. The van der Waals surface area contributed by atoms with E-state index >= 15 is 0 Å². The average Bonchev–Trinajstić information content (AvgIpc) is 3.00. The number of benzene rings is 2. The number of hydrogen-bond donors (Lipinski definition) is 1. The molecule has 0 amide bonds. The topological polar surface area (TPSA) is 49.9 Å². The largest absolute Gasteiger partial charge is 0.354 e. The van der Waals surface area contributed by atoms with Crippen molar-refractivity contribution < 1.29 is 14.0 Å². The predicted octanol–water partition coefficient (Wildman–Crippen LogP) is 3.79. The molecule has 21 heavy (non-hydrogen) atoms. The molecule has 1 N–H and O–H groups in total. The summed E-state index contributed by atoms with van der Waals surface area (Å²) < 4.78 is 14.3. The summed E-state index contributed by atoms with van der Waals surface area (Å²) in [5.74, 6) is -0.377. The van der Waals surface area contributed by atoms with E-state index in [1.54, 1.807) is 12.1 Å². The van der Waals surface area contributed by atoms with E-state index in [1.807, 2.05) is 0 Å². The van der Waals surface area contributed by atoms with Crippen LogP contribution in [0.25, 0.3) is 21.8 Å². The molecule has 4 heteroatoms. The lowest BCUT2D eigenvalue weighted by molar-refractivity contribution is 0.0991. The molecule has 0 aliphatic heterocycles. The molecule has 0 spiro atoms. The van der Waals surface area contributed by atoms with Crippen LogP contribution in [-0.2, 0) is 6.42 Å². The van der Waals surface area contributed by atoms with Crippen LogP contribution in [-0.4, -0.2) is 16.6 Å². The Labute approximate surface area is 119 Å². The monoisotopic (exact) mass is 281 g/mol. The Morgan fingerprint density at radius 1 is 1.14 bits per heavy atom. The quantitative estimate of drug-likeness (QED) is 0.690. The minimum absolute atomic E-state index is 0.101. The van der Waals surface area contributed by atoms with Gasteiger partial charge in [0.05, 0.1) is 5.52 Å². The van der Waals surface area contributed by atoms with Gasteiger partial charge < -0.3 is 4.98 Å². The molecular weight excluding hydrogens is 269 g/mol. The van der Waals surface area contributed by atoms with Crippen molar-refractivity contribution in [1.29, 1.82) is 0 Å². The van der Waals surface area contributed by atoms with E-state index in [4.69, 9.17) is 0 Å². The van der Waals surface area contributed by atoms with Crippen molar-refractivity contribution in [1.82, 2.24) is 4.98 Å². The van der Waals surface area contributed by atoms with Gasteiger partial charge in [0.15, 0.2) is 11.6 Å². The number of aryl methyl sites for hydroxylation is 1. The third-order valence-corrected chi connectivity index (χ3v) is 4.26. The van der Waals surface area contributed by atoms with Crippen LogP contribution in [0.5, 0.6) is 0 Å². The van der Waals surface area contributed by atoms with Crippen LogP contribution in [0.3, 0.4) is 0 Å². The maximum atomic E-state index is 14.3. The fraction of sp³-hybridized carbons (Fsp3) is 0.176. The molecule has 1 aliphatic rings. The van der Waals surface area contributed by atoms with Crippen LogP contribution in [0.1, 0.15) is 39.6 Å². The van der Waals surface area contributed by atoms with E-state index in [-0.39, 0.29) is 17.4 Å². The maximum Gasteiger partial charge on any atom is 0.163 e. The van der Waals surface area contributed by atoms with Gasteiger partial charge in [0.25, 0.3) is 0 Å². The number of aromatic amines is 1. The van der Waals surface area contributed by atoms with Gasteiger partial charge in [0.1, 0.15) is 5.82 Å². The highest BCUT2D eigenvalue weighted by Gasteiger charge is 2.25. The van der Waals surface area contributed by atoms with Crippen molar-refractivity contribution in [3.05, 3.63) is 46.8 Å². The van der Waals surface area contributed by atoms with Crippen molar-refractivity contribution >= 4 is 33.4 Å². The second kappa shape index (κ2) is 4.01. The van der Waals surface area contributed by atoms with Crippen LogP contribution in [0, 0.1) is 5.82 Å². The molecule has 1 aromatic heterocycles. The van der Waals surface area contributed by atoms with Crippen molar-refractivity contribution in [3.63, 3.8) is 0 Å². The van der Waals surface area contributed by atoms with Crippen LogP contribution >= 0.6 is 0 Å². The van der Waals surface area contributed by atoms with Gasteiger partial charge in [0, 0.05) is 33.8 Å². The molecule has 0 atom stereocenters. The fourth-order valence-corrected chi connectivity index (χ4v) is 3.31. The van der Waals surface area contributed by atoms with E-state index in [2.05, 4.69) is 4.98 Å². The van der Waals surface area contributed by atoms with E-state index in [9.17, 15) is 14.0 Å². The number of Topliss-reactive ketones (excluding diaryl/α,β-unsaturated/α-hetero) is 2. The third kappa shape index (κ3) is 1.53. The average molecular weight is 281 g/mol. The summed E-state index contributed by atoms with van der Waals surface area (Å²) in [6, 6.07) is 6.40. The highest BCUT2D eigenvalue weighted by molar-refractivity contribution is 6.18. The molecule has 0 saturated heterocycles. The first-order valence-corrected chi connectivity index (χ1v) is 6.88. The van der Waals surface area contributed by atoms with Crippen LogP contribution < -0.4 is 0 Å². The molecule has 0 saturated carbocycles. The van der Waals surface area contributed by atoms with Gasteiger partial charge in [-0.2, -0.15) is 0 Å². The van der Waals surface area contributed by atoms with E-state index < -0.39 is 0 Å². The van der Waals surface area contributed by atoms with Crippen LogP contribution in [0.4, 0.5) is 4.39 Å². The van der Waals surface area contributed by atoms with Gasteiger partial charge in [-0.1, -0.05) is 0 Å². The third-order valence-electron chi connectivity index (χ3n) is 4.26. The fourth-order valence-electron chi connectivity index (χ4n) is 3.31. The number of ketones is 2. The Hall–Kier alpha value is -2.49. The normalized spacial score (nSPS) is 14.1. The molecule has 0 radical (unpaired) electrons. The summed E-state index contributed by atoms with van der Waals surface area (Å²) in [5, 5.41) is 1.17. The second-order valence-corrected chi connectivity index (χ2v) is 5.46. The first kappa shape index (κ1) is 12.3. The zero-order valence-corrected chi connectivity index (χ0v) is 11.4. The summed E-state index contributed by atoms with van der Waals surface area (Å²) in [5.41, 5.74) is 3.33. The van der Waals surface area contributed by atoms with Gasteiger partial charge in [-0.3, -0.25) is 9.59 Å². The van der Waals surface area contributed by atoms with Crippen molar-refractivity contribution in [2.45, 2.75) is 19.8 Å². The molecule has 1 heterocycles. The Bertz CT molecular complexity index is 952. The number of nitrogens with one attached hydrogen (secondary N) is 1. The SMILES string of the molecule is CC(=O)c1ccc(F)c2c1[nH]c1ccc3c(c12)CCC3=O. The van der Waals surface area contributed by atoms with Gasteiger partial charge >= 0.3 is 0 Å². The number of carbonyl (C=O) groups excluding carboxylic acids is 2. The van der Waals surface area contributed by atoms with Crippen molar-refractivity contribution in [2.24, 2.45) is 0 Å². The summed E-state index contributed by atoms with van der Waals surface area (Å²) in [4.78, 5) is 26.7. The summed E-state index contributed by atoms with van der Waals surface area (Å²) in [6.07, 6.45) is 1.09. The summed E-state index contributed by atoms with van der Waals surface area (Å²) in [7, 11) is 0. The molecule has 0 fully saturated rings. The van der Waals surface area contributed by atoms with E-state index in [0.29, 0.717) is 34.9 Å². The lowest BCUT2D eigenvalue weighted by Gasteiger charge is -2.02. The summed E-state index contributed by atoms with van der Waals surface area (Å²) >= 11 is 0. The Kier molecular flexibility index (Phi) is 2.34. The molecule has 3 nitrogen and oxygen atoms in total. The van der Waals surface area contributed by atoms with E-state index in [1.165, 1.54) is 19.1 Å². The Balaban J connectivity index is 2.25. The highest BCUT2D eigenvalue weighted by atomic mass is 19.1. The zero-order valence-electron chi connectivity index (χ0n) is 11.4. The number of fused-ring (bicyclic) bond motifs is 5. The predicted molar refractivity (Wildman–Crippen MR) is 78.4 cm³/mol. The maximum absolute atomic E-state index is 14.3. The van der Waals surface area contributed by atoms with Crippen LogP contribution in [0.2, 0.25) is 0 Å². The number of hydrogen-bond acceptors (Lipinski definition) is 2. The first-order valence-electron chi connectivity index (χ1n) is 6.88. The van der Waals surface area contributed by atoms with Gasteiger partial charge in [-0.25, -0.2) is 4.39 Å². The lowest BCUT2D eigenvalue weighted by atomic mass is 10.0. The van der Waals surface area contributed by atoms with Gasteiger partial charge in [0.2, 0.25) is 0 Å². The first-order chi connectivity index (χ1) is 10.1. The highest BCUT2D eigenvalue weighted by Crippen LogP contribution is 2.37.